The number of hydrogen-bond donors (Lipinski definition) is 2. The van der Waals surface area contributed by atoms with Crippen LogP contribution in [0.15, 0.2) is 60.7 Å². The summed E-state index contributed by atoms with van der Waals surface area (Å²) in [6.07, 6.45) is -5.24. The number of ether oxygens (including phenoxy) is 1. The summed E-state index contributed by atoms with van der Waals surface area (Å²) in [4.78, 5) is 24.9. The second kappa shape index (κ2) is 9.21. The predicted octanol–water partition coefficient (Wildman–Crippen LogP) is 4.65. The lowest BCUT2D eigenvalue weighted by Crippen LogP contribution is -2.59. The summed E-state index contributed by atoms with van der Waals surface area (Å²) in [5.74, 6) is -1.90. The molecule has 180 valence electrons. The van der Waals surface area contributed by atoms with Crippen LogP contribution in [0, 0.1) is 0 Å². The summed E-state index contributed by atoms with van der Waals surface area (Å²) in [6.45, 7) is 3.94. The molecule has 2 aromatic rings. The zero-order valence-electron chi connectivity index (χ0n) is 18.1. The second-order valence-electron chi connectivity index (χ2n) is 8.38. The predicted molar refractivity (Wildman–Crippen MR) is 122 cm³/mol. The maximum Gasteiger partial charge on any atom is 0.471 e. The van der Waals surface area contributed by atoms with Crippen molar-refractivity contribution in [3.05, 3.63) is 76.8 Å². The van der Waals surface area contributed by atoms with Gasteiger partial charge in [0.05, 0.1) is 6.04 Å². The van der Waals surface area contributed by atoms with Crippen molar-refractivity contribution in [2.75, 3.05) is 25.0 Å². The quantitative estimate of drug-likeness (QED) is 0.595. The number of hydrogen-bond acceptors (Lipinski definition) is 4. The van der Waals surface area contributed by atoms with Gasteiger partial charge < -0.3 is 20.3 Å². The van der Waals surface area contributed by atoms with Gasteiger partial charge in [-0.2, -0.15) is 13.2 Å². The standard InChI is InChI=1S/C24H23ClF3N3O3/c1-15-12-31(21(32)24(26,27)28)13-20-23(15,18-11-17(25)7-8-19(18)30-20)9-10-29-22(33)34-14-16-5-3-2-4-6-16/h2-8,11,20,30H,1,9-10,12-14H2,(H,29,33)/t20-,23-/m0/s1. The number of rotatable bonds is 5. The maximum atomic E-state index is 13.1. The maximum absolute atomic E-state index is 13.1. The molecule has 4 rings (SSSR count). The number of alkyl carbamates (subject to hydrolysis) is 1. The molecule has 0 unspecified atom stereocenters. The molecule has 2 aromatic carbocycles. The highest BCUT2D eigenvalue weighted by molar-refractivity contribution is 6.30. The number of nitrogens with one attached hydrogen (secondary N) is 2. The SMILES string of the molecule is C=C1CN(C(=O)C(F)(F)F)C[C@@H]2Nc3ccc(Cl)cc3[C@]12CCNC(=O)OCc1ccccc1. The average molecular weight is 494 g/mol. The molecular formula is C24H23ClF3N3O3. The molecule has 0 radical (unpaired) electrons. The van der Waals surface area contributed by atoms with Gasteiger partial charge in [-0.3, -0.25) is 4.79 Å². The Morgan fingerprint density at radius 2 is 1.97 bits per heavy atom. The summed E-state index contributed by atoms with van der Waals surface area (Å²) < 4.78 is 44.5. The Kier molecular flexibility index (Phi) is 6.49. The third-order valence-corrected chi connectivity index (χ3v) is 6.57. The molecule has 2 amide bonds. The van der Waals surface area contributed by atoms with E-state index < -0.39 is 29.6 Å². The van der Waals surface area contributed by atoms with Crippen molar-refractivity contribution >= 4 is 29.3 Å². The van der Waals surface area contributed by atoms with Crippen LogP contribution in [0.25, 0.3) is 0 Å². The monoisotopic (exact) mass is 493 g/mol. The van der Waals surface area contributed by atoms with Crippen LogP contribution in [-0.4, -0.2) is 48.8 Å². The van der Waals surface area contributed by atoms with E-state index in [0.717, 1.165) is 16.0 Å². The van der Waals surface area contributed by atoms with Crippen molar-refractivity contribution in [3.8, 4) is 0 Å². The molecule has 0 saturated carbocycles. The van der Waals surface area contributed by atoms with Crippen LogP contribution < -0.4 is 10.6 Å². The van der Waals surface area contributed by atoms with Gasteiger partial charge >= 0.3 is 18.2 Å². The molecule has 2 N–H and O–H groups in total. The number of anilines is 1. The third-order valence-electron chi connectivity index (χ3n) is 6.33. The normalized spacial score (nSPS) is 21.4. The van der Waals surface area contributed by atoms with Crippen molar-refractivity contribution in [1.82, 2.24) is 10.2 Å². The molecule has 1 saturated heterocycles. The van der Waals surface area contributed by atoms with Crippen LogP contribution in [-0.2, 0) is 21.6 Å². The number of benzene rings is 2. The van der Waals surface area contributed by atoms with Crippen LogP contribution in [0.5, 0.6) is 0 Å². The van der Waals surface area contributed by atoms with Gasteiger partial charge in [0.25, 0.3) is 0 Å². The molecular weight excluding hydrogens is 471 g/mol. The Labute approximate surface area is 199 Å². The molecule has 0 aromatic heterocycles. The van der Waals surface area contributed by atoms with Crippen molar-refractivity contribution in [3.63, 3.8) is 0 Å². The number of likely N-dealkylation sites (tertiary alicyclic amines) is 1. The lowest BCUT2D eigenvalue weighted by atomic mass is 9.66. The van der Waals surface area contributed by atoms with Crippen molar-refractivity contribution < 1.29 is 27.5 Å². The van der Waals surface area contributed by atoms with Crippen LogP contribution in [0.3, 0.4) is 0 Å². The van der Waals surface area contributed by atoms with Crippen LogP contribution in [0.2, 0.25) is 5.02 Å². The number of nitrogens with zero attached hydrogens (tertiary/aromatic N) is 1. The van der Waals surface area contributed by atoms with Gasteiger partial charge in [0.15, 0.2) is 0 Å². The van der Waals surface area contributed by atoms with Gasteiger partial charge in [-0.05, 0) is 41.3 Å². The van der Waals surface area contributed by atoms with Gasteiger partial charge in [0, 0.05) is 35.8 Å². The Balaban J connectivity index is 1.49. The van der Waals surface area contributed by atoms with E-state index in [1.165, 1.54) is 0 Å². The molecule has 0 bridgehead atoms. The Morgan fingerprint density at radius 1 is 1.24 bits per heavy atom. The highest BCUT2D eigenvalue weighted by Crippen LogP contribution is 2.51. The number of piperidine rings is 1. The fourth-order valence-corrected chi connectivity index (χ4v) is 4.93. The molecule has 2 atom stereocenters. The van der Waals surface area contributed by atoms with E-state index in [1.54, 1.807) is 18.2 Å². The Bertz CT molecular complexity index is 1110. The minimum Gasteiger partial charge on any atom is -0.445 e. The van der Waals surface area contributed by atoms with Gasteiger partial charge in [0.2, 0.25) is 0 Å². The molecule has 2 heterocycles. The molecule has 2 aliphatic heterocycles. The Morgan fingerprint density at radius 3 is 2.68 bits per heavy atom. The molecule has 1 fully saturated rings. The number of amides is 2. The number of halogens is 4. The third kappa shape index (κ3) is 4.57. The van der Waals surface area contributed by atoms with E-state index >= 15 is 0 Å². The minimum absolute atomic E-state index is 0.113. The summed E-state index contributed by atoms with van der Waals surface area (Å²) in [6, 6.07) is 13.8. The van der Waals surface area contributed by atoms with Gasteiger partial charge in [-0.15, -0.1) is 0 Å². The summed E-state index contributed by atoms with van der Waals surface area (Å²) in [5, 5.41) is 6.41. The van der Waals surface area contributed by atoms with Crippen LogP contribution >= 0.6 is 11.6 Å². The first-order valence-corrected chi connectivity index (χ1v) is 11.0. The van der Waals surface area contributed by atoms with E-state index in [9.17, 15) is 22.8 Å². The smallest absolute Gasteiger partial charge is 0.445 e. The summed E-state index contributed by atoms with van der Waals surface area (Å²) in [7, 11) is 0. The minimum atomic E-state index is -4.97. The summed E-state index contributed by atoms with van der Waals surface area (Å²) >= 11 is 6.23. The lowest BCUT2D eigenvalue weighted by Gasteiger charge is -2.46. The topological polar surface area (TPSA) is 70.7 Å². The number of carbonyl (C=O) groups is 2. The summed E-state index contributed by atoms with van der Waals surface area (Å²) in [5.41, 5.74) is 1.97. The first-order chi connectivity index (χ1) is 16.1. The zero-order chi connectivity index (χ0) is 24.5. The van der Waals surface area contributed by atoms with Crippen LogP contribution in [0.4, 0.5) is 23.7 Å². The number of fused-ring (bicyclic) bond motifs is 3. The molecule has 34 heavy (non-hydrogen) atoms. The highest BCUT2D eigenvalue weighted by Gasteiger charge is 2.55. The molecule has 6 nitrogen and oxygen atoms in total. The highest BCUT2D eigenvalue weighted by atomic mass is 35.5. The van der Waals surface area contributed by atoms with Crippen molar-refractivity contribution in [1.29, 1.82) is 0 Å². The average Bonchev–Trinajstić information content (AvgIpc) is 3.11. The van der Waals surface area contributed by atoms with E-state index in [0.29, 0.717) is 22.7 Å². The first kappa shape index (κ1) is 23.9. The molecule has 10 heteroatoms. The molecule has 0 spiro atoms. The van der Waals surface area contributed by atoms with Crippen molar-refractivity contribution in [2.45, 2.75) is 30.7 Å². The fraction of sp³-hybridized carbons (Fsp3) is 0.333. The largest absolute Gasteiger partial charge is 0.471 e. The molecule has 0 aliphatic carbocycles. The van der Waals surface area contributed by atoms with Gasteiger partial charge in [-0.25, -0.2) is 4.79 Å². The van der Waals surface area contributed by atoms with E-state index in [-0.39, 0.29) is 26.2 Å². The van der Waals surface area contributed by atoms with Gasteiger partial charge in [0.1, 0.15) is 6.61 Å². The number of carbonyl (C=O) groups excluding carboxylic acids is 2. The van der Waals surface area contributed by atoms with Crippen molar-refractivity contribution in [2.24, 2.45) is 0 Å². The Hall–Kier alpha value is -3.20. The van der Waals surface area contributed by atoms with Crippen LogP contribution in [0.1, 0.15) is 17.5 Å². The number of alkyl halides is 3. The zero-order valence-corrected chi connectivity index (χ0v) is 18.9. The lowest BCUT2D eigenvalue weighted by molar-refractivity contribution is -0.186. The van der Waals surface area contributed by atoms with E-state index in [2.05, 4.69) is 17.2 Å². The fourth-order valence-electron chi connectivity index (χ4n) is 4.76. The first-order valence-electron chi connectivity index (χ1n) is 10.7. The second-order valence-corrected chi connectivity index (χ2v) is 8.82. The van der Waals surface area contributed by atoms with E-state index in [4.69, 9.17) is 16.3 Å². The molecule has 2 aliphatic rings. The van der Waals surface area contributed by atoms with Gasteiger partial charge in [-0.1, -0.05) is 48.5 Å². The van der Waals surface area contributed by atoms with E-state index in [1.807, 2.05) is 30.3 Å².